The van der Waals surface area contributed by atoms with Gasteiger partial charge in [0.25, 0.3) is 0 Å². The first kappa shape index (κ1) is 14.4. The minimum absolute atomic E-state index is 0.197. The first-order valence-corrected chi connectivity index (χ1v) is 6.30. The van der Waals surface area contributed by atoms with E-state index in [1.807, 2.05) is 6.92 Å². The van der Waals surface area contributed by atoms with Crippen LogP contribution in [0.5, 0.6) is 0 Å². The molecular formula is C13H15F3N4. The van der Waals surface area contributed by atoms with E-state index in [1.165, 1.54) is 0 Å². The van der Waals surface area contributed by atoms with E-state index < -0.39 is 11.7 Å². The van der Waals surface area contributed by atoms with Crippen molar-refractivity contribution in [1.82, 2.24) is 14.5 Å². The minimum Gasteiger partial charge on any atom is -0.370 e. The first-order chi connectivity index (χ1) is 9.45. The Morgan fingerprint density at radius 1 is 1.25 bits per heavy atom. The van der Waals surface area contributed by atoms with E-state index in [0.29, 0.717) is 18.9 Å². The summed E-state index contributed by atoms with van der Waals surface area (Å²) in [6.45, 7) is 4.80. The van der Waals surface area contributed by atoms with Gasteiger partial charge in [0.15, 0.2) is 5.82 Å². The zero-order valence-corrected chi connectivity index (χ0v) is 11.2. The van der Waals surface area contributed by atoms with Crippen molar-refractivity contribution in [3.05, 3.63) is 30.1 Å². The van der Waals surface area contributed by atoms with Crippen molar-refractivity contribution in [2.75, 3.05) is 11.9 Å². The van der Waals surface area contributed by atoms with E-state index in [2.05, 4.69) is 15.3 Å². The number of nitrogens with zero attached hydrogens (tertiary/aromatic N) is 3. The molecule has 0 radical (unpaired) electrons. The monoisotopic (exact) mass is 284 g/mol. The van der Waals surface area contributed by atoms with Crippen LogP contribution in [0.3, 0.4) is 0 Å². The average molecular weight is 284 g/mol. The molecule has 0 bridgehead atoms. The number of aryl methyl sites for hydroxylation is 1. The van der Waals surface area contributed by atoms with Crippen LogP contribution in [0.15, 0.2) is 24.5 Å². The molecule has 0 aliphatic heterocycles. The molecule has 0 atom stereocenters. The SMILES string of the molecule is CCNc1cc(C(F)(F)F)cc(-c2nccn2CC)n1. The second-order valence-electron chi connectivity index (χ2n) is 4.19. The summed E-state index contributed by atoms with van der Waals surface area (Å²) in [6, 6.07) is 2.03. The van der Waals surface area contributed by atoms with Gasteiger partial charge in [-0.05, 0) is 26.0 Å². The van der Waals surface area contributed by atoms with Gasteiger partial charge in [-0.2, -0.15) is 13.2 Å². The lowest BCUT2D eigenvalue weighted by Gasteiger charge is -2.12. The molecule has 7 heteroatoms. The maximum atomic E-state index is 12.9. The summed E-state index contributed by atoms with van der Waals surface area (Å²) in [5, 5.41) is 2.81. The van der Waals surface area contributed by atoms with Crippen LogP contribution in [-0.2, 0) is 12.7 Å². The highest BCUT2D eigenvalue weighted by molar-refractivity contribution is 5.56. The lowest BCUT2D eigenvalue weighted by Crippen LogP contribution is -2.10. The predicted octanol–water partition coefficient (Wildman–Crippen LogP) is 3.42. The third-order valence-electron chi connectivity index (χ3n) is 2.80. The van der Waals surface area contributed by atoms with Gasteiger partial charge in [0.05, 0.1) is 5.56 Å². The van der Waals surface area contributed by atoms with Crippen molar-refractivity contribution in [3.8, 4) is 11.5 Å². The van der Waals surface area contributed by atoms with Crippen LogP contribution in [0.2, 0.25) is 0 Å². The Hall–Kier alpha value is -2.05. The zero-order valence-electron chi connectivity index (χ0n) is 11.2. The molecule has 0 saturated carbocycles. The number of hydrogen-bond donors (Lipinski definition) is 1. The fraction of sp³-hybridized carbons (Fsp3) is 0.385. The summed E-state index contributed by atoms with van der Waals surface area (Å²) in [4.78, 5) is 8.28. The summed E-state index contributed by atoms with van der Waals surface area (Å²) in [5.41, 5.74) is -0.522. The smallest absolute Gasteiger partial charge is 0.370 e. The van der Waals surface area contributed by atoms with Crippen LogP contribution in [0.1, 0.15) is 19.4 Å². The second kappa shape index (κ2) is 5.52. The lowest BCUT2D eigenvalue weighted by atomic mass is 10.2. The summed E-state index contributed by atoms with van der Waals surface area (Å²) in [7, 11) is 0. The van der Waals surface area contributed by atoms with Gasteiger partial charge in [0.1, 0.15) is 11.5 Å². The van der Waals surface area contributed by atoms with Crippen LogP contribution >= 0.6 is 0 Å². The van der Waals surface area contributed by atoms with E-state index in [4.69, 9.17) is 0 Å². The molecule has 0 unspecified atom stereocenters. The van der Waals surface area contributed by atoms with Gasteiger partial charge in [-0.15, -0.1) is 0 Å². The van der Waals surface area contributed by atoms with E-state index >= 15 is 0 Å². The molecule has 1 N–H and O–H groups in total. The molecule has 0 saturated heterocycles. The number of hydrogen-bond acceptors (Lipinski definition) is 3. The van der Waals surface area contributed by atoms with Crippen molar-refractivity contribution < 1.29 is 13.2 Å². The summed E-state index contributed by atoms with van der Waals surface area (Å²) < 4.78 is 40.5. The van der Waals surface area contributed by atoms with Crippen molar-refractivity contribution in [3.63, 3.8) is 0 Å². The molecule has 0 amide bonds. The maximum Gasteiger partial charge on any atom is 0.416 e. The van der Waals surface area contributed by atoms with Gasteiger partial charge < -0.3 is 9.88 Å². The highest BCUT2D eigenvalue weighted by Gasteiger charge is 2.32. The van der Waals surface area contributed by atoms with Gasteiger partial charge >= 0.3 is 6.18 Å². The fourth-order valence-electron chi connectivity index (χ4n) is 1.88. The van der Waals surface area contributed by atoms with E-state index in [1.54, 1.807) is 23.9 Å². The molecule has 2 heterocycles. The minimum atomic E-state index is -4.41. The van der Waals surface area contributed by atoms with Crippen LogP contribution < -0.4 is 5.32 Å². The Labute approximate surface area is 114 Å². The third kappa shape index (κ3) is 2.92. The molecule has 2 aromatic heterocycles. The maximum absolute atomic E-state index is 12.9. The standard InChI is InChI=1S/C13H15F3N4/c1-3-17-11-8-9(13(14,15)16)7-10(19-11)12-18-5-6-20(12)4-2/h5-8H,3-4H2,1-2H3,(H,17,19). The van der Waals surface area contributed by atoms with Crippen molar-refractivity contribution in [2.24, 2.45) is 0 Å². The molecule has 0 aliphatic carbocycles. The number of anilines is 1. The molecule has 0 fully saturated rings. The quantitative estimate of drug-likeness (QED) is 0.935. The van der Waals surface area contributed by atoms with Crippen molar-refractivity contribution in [1.29, 1.82) is 0 Å². The predicted molar refractivity (Wildman–Crippen MR) is 70.3 cm³/mol. The Kier molecular flexibility index (Phi) is 3.96. The van der Waals surface area contributed by atoms with E-state index in [9.17, 15) is 13.2 Å². The summed E-state index contributed by atoms with van der Waals surface area (Å²) in [5.74, 6) is 0.626. The van der Waals surface area contributed by atoms with Crippen LogP contribution in [0.25, 0.3) is 11.5 Å². The Morgan fingerprint density at radius 2 is 2.00 bits per heavy atom. The van der Waals surface area contributed by atoms with Crippen LogP contribution in [0.4, 0.5) is 19.0 Å². The molecule has 0 aliphatic rings. The van der Waals surface area contributed by atoms with Crippen LogP contribution in [-0.4, -0.2) is 21.1 Å². The molecule has 0 aromatic carbocycles. The highest BCUT2D eigenvalue weighted by Crippen LogP contribution is 2.33. The molecule has 2 aromatic rings. The average Bonchev–Trinajstić information content (AvgIpc) is 2.86. The topological polar surface area (TPSA) is 42.7 Å². The highest BCUT2D eigenvalue weighted by atomic mass is 19.4. The number of aromatic nitrogens is 3. The molecule has 4 nitrogen and oxygen atoms in total. The van der Waals surface area contributed by atoms with Gasteiger partial charge in [-0.1, -0.05) is 0 Å². The van der Waals surface area contributed by atoms with Crippen LogP contribution in [0, 0.1) is 0 Å². The molecule has 2 rings (SSSR count). The third-order valence-corrected chi connectivity index (χ3v) is 2.80. The largest absolute Gasteiger partial charge is 0.416 e. The van der Waals surface area contributed by atoms with Gasteiger partial charge in [-0.25, -0.2) is 9.97 Å². The molecule has 108 valence electrons. The molecule has 20 heavy (non-hydrogen) atoms. The van der Waals surface area contributed by atoms with Gasteiger partial charge in [-0.3, -0.25) is 0 Å². The Balaban J connectivity index is 2.55. The lowest BCUT2D eigenvalue weighted by molar-refractivity contribution is -0.137. The Bertz CT molecular complexity index is 590. The molecular weight excluding hydrogens is 269 g/mol. The zero-order chi connectivity index (χ0) is 14.8. The number of halogens is 3. The summed E-state index contributed by atoms with van der Waals surface area (Å²) >= 11 is 0. The van der Waals surface area contributed by atoms with Gasteiger partial charge in [0.2, 0.25) is 0 Å². The van der Waals surface area contributed by atoms with Crippen molar-refractivity contribution in [2.45, 2.75) is 26.6 Å². The molecule has 0 spiro atoms. The van der Waals surface area contributed by atoms with Gasteiger partial charge in [0, 0.05) is 25.5 Å². The number of pyridine rings is 1. The van der Waals surface area contributed by atoms with E-state index in [-0.39, 0.29) is 11.5 Å². The van der Waals surface area contributed by atoms with Crippen molar-refractivity contribution >= 4 is 5.82 Å². The number of rotatable bonds is 4. The number of imidazole rings is 1. The van der Waals surface area contributed by atoms with E-state index in [0.717, 1.165) is 12.1 Å². The second-order valence-corrected chi connectivity index (χ2v) is 4.19. The number of alkyl halides is 3. The normalized spacial score (nSPS) is 11.7. The fourth-order valence-corrected chi connectivity index (χ4v) is 1.88. The Morgan fingerprint density at radius 3 is 2.60 bits per heavy atom. The summed E-state index contributed by atoms with van der Waals surface area (Å²) in [6.07, 6.45) is -1.15. The number of nitrogens with one attached hydrogen (secondary N) is 1. The first-order valence-electron chi connectivity index (χ1n) is 6.30.